The van der Waals surface area contributed by atoms with Gasteiger partial charge in [-0.15, -0.1) is 0 Å². The van der Waals surface area contributed by atoms with Crippen LogP contribution in [0.1, 0.15) is 30.0 Å². The number of aromatic hydroxyl groups is 1. The number of esters is 1. The largest absolute Gasteiger partial charge is 0.508 e. The second kappa shape index (κ2) is 5.19. The van der Waals surface area contributed by atoms with Gasteiger partial charge in [-0.1, -0.05) is 12.1 Å². The van der Waals surface area contributed by atoms with Gasteiger partial charge in [0.15, 0.2) is 0 Å². The second-order valence-corrected chi connectivity index (χ2v) is 4.22. The Labute approximate surface area is 101 Å². The number of benzene rings is 1. The molecule has 0 spiro atoms. The zero-order valence-electron chi connectivity index (χ0n) is 9.90. The second-order valence-electron chi connectivity index (χ2n) is 4.22. The number of rotatable bonds is 4. The summed E-state index contributed by atoms with van der Waals surface area (Å²) >= 11 is 0. The molecule has 0 saturated heterocycles. The van der Waals surface area contributed by atoms with Crippen molar-refractivity contribution in [1.29, 1.82) is 0 Å². The fraction of sp³-hybridized carbons (Fsp3) is 0.462. The lowest BCUT2D eigenvalue weighted by molar-refractivity contribution is -0.140. The first-order chi connectivity index (χ1) is 8.22. The number of phenols is 1. The van der Waals surface area contributed by atoms with Crippen molar-refractivity contribution in [2.24, 2.45) is 0 Å². The van der Waals surface area contributed by atoms with Crippen LogP contribution in [-0.2, 0) is 16.0 Å². The van der Waals surface area contributed by atoms with E-state index in [2.05, 4.69) is 10.1 Å². The molecule has 2 rings (SSSR count). The van der Waals surface area contributed by atoms with Gasteiger partial charge in [0.2, 0.25) is 0 Å². The Bertz CT molecular complexity index is 417. The van der Waals surface area contributed by atoms with Gasteiger partial charge in [-0.05, 0) is 30.0 Å². The topological polar surface area (TPSA) is 58.6 Å². The van der Waals surface area contributed by atoms with Gasteiger partial charge in [-0.25, -0.2) is 0 Å². The molecule has 1 unspecified atom stereocenters. The molecule has 92 valence electrons. The zero-order valence-corrected chi connectivity index (χ0v) is 9.90. The van der Waals surface area contributed by atoms with Gasteiger partial charge in [0.1, 0.15) is 5.75 Å². The fourth-order valence-electron chi connectivity index (χ4n) is 2.30. The molecule has 0 bridgehead atoms. The van der Waals surface area contributed by atoms with E-state index in [0.717, 1.165) is 24.0 Å². The lowest BCUT2D eigenvalue weighted by Crippen LogP contribution is -2.22. The maximum atomic E-state index is 11.0. The Balaban J connectivity index is 1.94. The van der Waals surface area contributed by atoms with E-state index >= 15 is 0 Å². The Morgan fingerprint density at radius 1 is 1.59 bits per heavy atom. The maximum Gasteiger partial charge on any atom is 0.306 e. The number of methoxy groups -OCH3 is 1. The minimum Gasteiger partial charge on any atom is -0.508 e. The van der Waals surface area contributed by atoms with Crippen LogP contribution in [0, 0.1) is 0 Å². The van der Waals surface area contributed by atoms with Crippen LogP contribution >= 0.6 is 0 Å². The van der Waals surface area contributed by atoms with Gasteiger partial charge in [0.05, 0.1) is 13.5 Å². The molecule has 0 saturated carbocycles. The first kappa shape index (κ1) is 11.9. The Morgan fingerprint density at radius 3 is 3.18 bits per heavy atom. The van der Waals surface area contributed by atoms with Gasteiger partial charge in [-0.2, -0.15) is 0 Å². The van der Waals surface area contributed by atoms with E-state index in [1.54, 1.807) is 6.07 Å². The van der Waals surface area contributed by atoms with Crippen LogP contribution in [0.25, 0.3) is 0 Å². The Morgan fingerprint density at radius 2 is 2.41 bits per heavy atom. The van der Waals surface area contributed by atoms with E-state index in [1.165, 1.54) is 7.11 Å². The van der Waals surface area contributed by atoms with E-state index in [9.17, 15) is 9.90 Å². The van der Waals surface area contributed by atoms with Crippen molar-refractivity contribution < 1.29 is 14.6 Å². The normalized spacial score (nSPS) is 17.8. The fourth-order valence-corrected chi connectivity index (χ4v) is 2.30. The molecule has 1 aliphatic carbocycles. The van der Waals surface area contributed by atoms with E-state index < -0.39 is 0 Å². The van der Waals surface area contributed by atoms with Crippen LogP contribution in [0.2, 0.25) is 0 Å². The molecule has 0 aliphatic heterocycles. The molecule has 1 aromatic rings. The smallest absolute Gasteiger partial charge is 0.306 e. The predicted octanol–water partition coefficient (Wildman–Crippen LogP) is 1.53. The van der Waals surface area contributed by atoms with Crippen molar-refractivity contribution in [3.05, 3.63) is 29.3 Å². The number of fused-ring (bicyclic) bond motifs is 1. The summed E-state index contributed by atoms with van der Waals surface area (Å²) in [6, 6.07) is 5.84. The maximum absolute atomic E-state index is 11.0. The lowest BCUT2D eigenvalue weighted by atomic mass is 10.1. The molecule has 0 aromatic heterocycles. The molecule has 0 radical (unpaired) electrons. The van der Waals surface area contributed by atoms with Gasteiger partial charge >= 0.3 is 5.97 Å². The average Bonchev–Trinajstić information content (AvgIpc) is 2.74. The van der Waals surface area contributed by atoms with Crippen LogP contribution in [0.15, 0.2) is 18.2 Å². The molecule has 0 heterocycles. The third-order valence-electron chi connectivity index (χ3n) is 3.19. The molecule has 1 aliphatic rings. The Hall–Kier alpha value is -1.55. The first-order valence-electron chi connectivity index (χ1n) is 5.83. The molecule has 4 nitrogen and oxygen atoms in total. The highest BCUT2D eigenvalue weighted by Gasteiger charge is 2.23. The van der Waals surface area contributed by atoms with E-state index in [-0.39, 0.29) is 12.0 Å². The molecule has 1 aromatic carbocycles. The van der Waals surface area contributed by atoms with E-state index in [1.807, 2.05) is 12.1 Å². The number of carbonyl (C=O) groups excluding carboxylic acids is 1. The van der Waals surface area contributed by atoms with Crippen molar-refractivity contribution in [2.75, 3.05) is 13.7 Å². The Kier molecular flexibility index (Phi) is 3.64. The van der Waals surface area contributed by atoms with Gasteiger partial charge in [0.25, 0.3) is 0 Å². The lowest BCUT2D eigenvalue weighted by Gasteiger charge is -2.13. The first-order valence-corrected chi connectivity index (χ1v) is 5.83. The number of ether oxygens (including phenoxy) is 1. The van der Waals surface area contributed by atoms with Crippen molar-refractivity contribution in [2.45, 2.75) is 25.3 Å². The zero-order chi connectivity index (χ0) is 12.3. The summed E-state index contributed by atoms with van der Waals surface area (Å²) in [5, 5.41) is 13.0. The summed E-state index contributed by atoms with van der Waals surface area (Å²) < 4.78 is 4.58. The summed E-state index contributed by atoms with van der Waals surface area (Å²) in [4.78, 5) is 11.0. The molecule has 1 atom stereocenters. The van der Waals surface area contributed by atoms with Crippen molar-refractivity contribution in [1.82, 2.24) is 5.32 Å². The molecular weight excluding hydrogens is 218 g/mol. The molecule has 17 heavy (non-hydrogen) atoms. The third-order valence-corrected chi connectivity index (χ3v) is 3.19. The average molecular weight is 235 g/mol. The highest BCUT2D eigenvalue weighted by atomic mass is 16.5. The van der Waals surface area contributed by atoms with Crippen molar-refractivity contribution >= 4 is 5.97 Å². The van der Waals surface area contributed by atoms with Gasteiger partial charge in [0, 0.05) is 12.6 Å². The van der Waals surface area contributed by atoms with E-state index in [0.29, 0.717) is 18.7 Å². The molecule has 0 fully saturated rings. The predicted molar refractivity (Wildman–Crippen MR) is 63.8 cm³/mol. The van der Waals surface area contributed by atoms with Crippen molar-refractivity contribution in [3.8, 4) is 5.75 Å². The minimum atomic E-state index is -0.202. The SMILES string of the molecule is COC(=O)CCNC1CCc2c(O)cccc21. The van der Waals surface area contributed by atoms with Crippen LogP contribution in [-0.4, -0.2) is 24.7 Å². The summed E-state index contributed by atoms with van der Waals surface area (Å²) in [7, 11) is 1.39. The number of nitrogens with one attached hydrogen (secondary N) is 1. The number of hydrogen-bond acceptors (Lipinski definition) is 4. The van der Waals surface area contributed by atoms with Gasteiger partial charge in [-0.3, -0.25) is 4.79 Å². The summed E-state index contributed by atoms with van der Waals surface area (Å²) in [5.41, 5.74) is 2.18. The number of carbonyl (C=O) groups is 1. The minimum absolute atomic E-state index is 0.202. The standard InChI is InChI=1S/C13H17NO3/c1-17-13(16)7-8-14-11-6-5-10-9(11)3-2-4-12(10)15/h2-4,11,14-15H,5-8H2,1H3. The number of hydrogen-bond donors (Lipinski definition) is 2. The van der Waals surface area contributed by atoms with Crippen LogP contribution < -0.4 is 5.32 Å². The highest BCUT2D eigenvalue weighted by Crippen LogP contribution is 2.36. The molecular formula is C13H17NO3. The third kappa shape index (κ3) is 2.58. The van der Waals surface area contributed by atoms with E-state index in [4.69, 9.17) is 0 Å². The van der Waals surface area contributed by atoms with Gasteiger partial charge < -0.3 is 15.2 Å². The van der Waals surface area contributed by atoms with Crippen LogP contribution in [0.3, 0.4) is 0 Å². The summed E-state index contributed by atoms with van der Waals surface area (Å²) in [6.07, 6.45) is 2.23. The molecule has 0 amide bonds. The van der Waals surface area contributed by atoms with Crippen molar-refractivity contribution in [3.63, 3.8) is 0 Å². The number of phenolic OH excluding ortho intramolecular Hbond substituents is 1. The summed E-state index contributed by atoms with van der Waals surface area (Å²) in [5.74, 6) is 0.173. The van der Waals surface area contributed by atoms with Crippen LogP contribution in [0.5, 0.6) is 5.75 Å². The van der Waals surface area contributed by atoms with Crippen LogP contribution in [0.4, 0.5) is 0 Å². The molecule has 4 heteroatoms. The highest BCUT2D eigenvalue weighted by molar-refractivity contribution is 5.69. The summed E-state index contributed by atoms with van der Waals surface area (Å²) in [6.45, 7) is 0.604. The monoisotopic (exact) mass is 235 g/mol. The molecule has 2 N–H and O–H groups in total. The quantitative estimate of drug-likeness (QED) is 0.777.